The van der Waals surface area contributed by atoms with E-state index in [1.807, 2.05) is 0 Å². The van der Waals surface area contributed by atoms with Gasteiger partial charge in [0.25, 0.3) is 0 Å². The van der Waals surface area contributed by atoms with Crippen LogP contribution in [0.4, 0.5) is 4.39 Å². The van der Waals surface area contributed by atoms with E-state index in [-0.39, 0.29) is 0 Å². The first kappa shape index (κ1) is 13.8. The Morgan fingerprint density at radius 2 is 1.84 bits per heavy atom. The fourth-order valence-electron chi connectivity index (χ4n) is 1.92. The summed E-state index contributed by atoms with van der Waals surface area (Å²) in [7, 11) is 1.50. The predicted molar refractivity (Wildman–Crippen MR) is 73.1 cm³/mol. The molecule has 2 aromatic rings. The summed E-state index contributed by atoms with van der Waals surface area (Å²) in [6.45, 7) is 1.60. The van der Waals surface area contributed by atoms with Gasteiger partial charge in [-0.1, -0.05) is 29.8 Å². The smallest absolute Gasteiger partial charge is 0.137 e. The van der Waals surface area contributed by atoms with Crippen LogP contribution in [0.5, 0.6) is 5.75 Å². The number of hydrogen-bond acceptors (Lipinski definition) is 2. The first-order valence-electron chi connectivity index (χ1n) is 5.77. The zero-order valence-corrected chi connectivity index (χ0v) is 11.4. The van der Waals surface area contributed by atoms with Crippen LogP contribution in [-0.4, -0.2) is 12.2 Å². The topological polar surface area (TPSA) is 29.5 Å². The van der Waals surface area contributed by atoms with E-state index in [9.17, 15) is 9.50 Å². The number of aliphatic hydroxyl groups is 1. The second-order valence-electron chi connectivity index (χ2n) is 4.43. The van der Waals surface area contributed by atoms with Crippen LogP contribution in [0.2, 0.25) is 5.02 Å². The monoisotopic (exact) mass is 280 g/mol. The summed E-state index contributed by atoms with van der Waals surface area (Å²) in [5.41, 5.74) is -0.267. The van der Waals surface area contributed by atoms with Gasteiger partial charge in [0, 0.05) is 0 Å². The normalized spacial score (nSPS) is 13.9. The van der Waals surface area contributed by atoms with E-state index in [1.165, 1.54) is 19.2 Å². The van der Waals surface area contributed by atoms with E-state index in [0.29, 0.717) is 21.9 Å². The Kier molecular flexibility index (Phi) is 3.78. The number of rotatable bonds is 3. The van der Waals surface area contributed by atoms with Crippen molar-refractivity contribution in [1.82, 2.24) is 0 Å². The Balaban J connectivity index is 2.49. The summed E-state index contributed by atoms with van der Waals surface area (Å²) in [4.78, 5) is 0. The van der Waals surface area contributed by atoms with Crippen LogP contribution in [0.1, 0.15) is 18.1 Å². The molecule has 0 bridgehead atoms. The van der Waals surface area contributed by atoms with Gasteiger partial charge in [0.05, 0.1) is 12.1 Å². The fourth-order valence-corrected chi connectivity index (χ4v) is 2.12. The molecule has 0 aromatic heterocycles. The van der Waals surface area contributed by atoms with Gasteiger partial charge in [0.15, 0.2) is 0 Å². The Bertz CT molecular complexity index is 596. The molecule has 1 N–H and O–H groups in total. The molecule has 0 radical (unpaired) electrons. The molecule has 0 spiro atoms. The molecule has 2 aromatic carbocycles. The van der Waals surface area contributed by atoms with Crippen molar-refractivity contribution in [1.29, 1.82) is 0 Å². The van der Waals surface area contributed by atoms with E-state index in [4.69, 9.17) is 16.3 Å². The third-order valence-electron chi connectivity index (χ3n) is 3.10. The maximum Gasteiger partial charge on any atom is 0.137 e. The lowest BCUT2D eigenvalue weighted by Gasteiger charge is -2.25. The van der Waals surface area contributed by atoms with Gasteiger partial charge in [-0.15, -0.1) is 0 Å². The average Bonchev–Trinajstić information content (AvgIpc) is 2.39. The highest BCUT2D eigenvalue weighted by Gasteiger charge is 2.26. The molecular formula is C15H14ClFO2. The van der Waals surface area contributed by atoms with E-state index in [2.05, 4.69) is 0 Å². The summed E-state index contributed by atoms with van der Waals surface area (Å²) in [6.07, 6.45) is 0. The molecule has 4 heteroatoms. The van der Waals surface area contributed by atoms with E-state index < -0.39 is 11.4 Å². The van der Waals surface area contributed by atoms with Crippen LogP contribution < -0.4 is 4.74 Å². The molecule has 100 valence electrons. The largest absolute Gasteiger partial charge is 0.495 e. The second kappa shape index (κ2) is 5.19. The maximum absolute atomic E-state index is 13.3. The minimum absolute atomic E-state index is 0.390. The first-order valence-corrected chi connectivity index (χ1v) is 6.15. The molecule has 2 nitrogen and oxygen atoms in total. The van der Waals surface area contributed by atoms with Crippen LogP contribution in [0.3, 0.4) is 0 Å². The van der Waals surface area contributed by atoms with Crippen LogP contribution in [-0.2, 0) is 5.60 Å². The van der Waals surface area contributed by atoms with Gasteiger partial charge >= 0.3 is 0 Å². The van der Waals surface area contributed by atoms with Gasteiger partial charge in [-0.2, -0.15) is 0 Å². The van der Waals surface area contributed by atoms with Crippen molar-refractivity contribution in [2.75, 3.05) is 7.11 Å². The van der Waals surface area contributed by atoms with Crippen LogP contribution in [0.15, 0.2) is 42.5 Å². The standard InChI is InChI=1S/C15H14ClFO2/c1-15(18,10-4-3-5-12(17)8-10)11-6-7-13(16)14(9-11)19-2/h3-9,18H,1-2H3. The summed E-state index contributed by atoms with van der Waals surface area (Å²) >= 11 is 5.95. The summed E-state index contributed by atoms with van der Waals surface area (Å²) < 4.78 is 18.4. The molecule has 1 unspecified atom stereocenters. The first-order chi connectivity index (χ1) is 8.95. The van der Waals surface area contributed by atoms with Crippen LogP contribution >= 0.6 is 11.6 Å². The number of benzene rings is 2. The minimum atomic E-state index is -1.32. The lowest BCUT2D eigenvalue weighted by atomic mass is 9.88. The fraction of sp³-hybridized carbons (Fsp3) is 0.200. The van der Waals surface area contributed by atoms with Crippen LogP contribution in [0.25, 0.3) is 0 Å². The van der Waals surface area contributed by atoms with Crippen molar-refractivity contribution in [2.24, 2.45) is 0 Å². The highest BCUT2D eigenvalue weighted by molar-refractivity contribution is 6.32. The third kappa shape index (κ3) is 2.72. The van der Waals surface area contributed by atoms with Crippen molar-refractivity contribution in [3.8, 4) is 5.75 Å². The van der Waals surface area contributed by atoms with Crippen molar-refractivity contribution in [2.45, 2.75) is 12.5 Å². The van der Waals surface area contributed by atoms with Gasteiger partial charge in [-0.25, -0.2) is 4.39 Å². The molecule has 0 fully saturated rings. The number of hydrogen-bond donors (Lipinski definition) is 1. The Hall–Kier alpha value is -1.58. The maximum atomic E-state index is 13.3. The average molecular weight is 281 g/mol. The van der Waals surface area contributed by atoms with E-state index >= 15 is 0 Å². The lowest BCUT2D eigenvalue weighted by molar-refractivity contribution is 0.102. The van der Waals surface area contributed by atoms with Crippen molar-refractivity contribution in [3.63, 3.8) is 0 Å². The molecule has 1 atom stereocenters. The zero-order chi connectivity index (χ0) is 14.0. The molecule has 0 saturated heterocycles. The van der Waals surface area contributed by atoms with Crippen LogP contribution in [0, 0.1) is 5.82 Å². The van der Waals surface area contributed by atoms with Gasteiger partial charge in [-0.3, -0.25) is 0 Å². The highest BCUT2D eigenvalue weighted by atomic mass is 35.5. The third-order valence-corrected chi connectivity index (χ3v) is 3.41. The van der Waals surface area contributed by atoms with Gasteiger partial charge in [-0.05, 0) is 42.3 Å². The Morgan fingerprint density at radius 1 is 1.16 bits per heavy atom. The molecule has 0 heterocycles. The Morgan fingerprint density at radius 3 is 2.47 bits per heavy atom. The molecule has 0 aliphatic heterocycles. The number of methoxy groups -OCH3 is 1. The van der Waals surface area contributed by atoms with Gasteiger partial charge in [0.1, 0.15) is 17.2 Å². The molecule has 0 amide bonds. The molecular weight excluding hydrogens is 267 g/mol. The molecule has 0 aliphatic rings. The van der Waals surface area contributed by atoms with E-state index in [1.54, 1.807) is 37.3 Å². The molecule has 0 saturated carbocycles. The predicted octanol–water partition coefficient (Wildman–Crippen LogP) is 3.74. The van der Waals surface area contributed by atoms with Gasteiger partial charge < -0.3 is 9.84 Å². The SMILES string of the molecule is COc1cc(C(C)(O)c2cccc(F)c2)ccc1Cl. The number of halogens is 2. The number of ether oxygens (including phenoxy) is 1. The zero-order valence-electron chi connectivity index (χ0n) is 10.7. The molecule has 19 heavy (non-hydrogen) atoms. The quantitative estimate of drug-likeness (QED) is 0.928. The van der Waals surface area contributed by atoms with Crippen molar-refractivity contribution >= 4 is 11.6 Å². The van der Waals surface area contributed by atoms with Gasteiger partial charge in [0.2, 0.25) is 0 Å². The minimum Gasteiger partial charge on any atom is -0.495 e. The highest BCUT2D eigenvalue weighted by Crippen LogP contribution is 2.34. The van der Waals surface area contributed by atoms with E-state index in [0.717, 1.165) is 0 Å². The Labute approximate surface area is 116 Å². The summed E-state index contributed by atoms with van der Waals surface area (Å²) in [5, 5.41) is 11.1. The van der Waals surface area contributed by atoms with Crippen molar-refractivity contribution in [3.05, 3.63) is 64.4 Å². The molecule has 0 aliphatic carbocycles. The summed E-state index contributed by atoms with van der Waals surface area (Å²) in [5.74, 6) is 0.0783. The van der Waals surface area contributed by atoms with Crippen molar-refractivity contribution < 1.29 is 14.2 Å². The molecule has 2 rings (SSSR count). The lowest BCUT2D eigenvalue weighted by Crippen LogP contribution is -2.22. The second-order valence-corrected chi connectivity index (χ2v) is 4.84. The summed E-state index contributed by atoms with van der Waals surface area (Å²) in [6, 6.07) is 10.9.